The third-order valence-corrected chi connectivity index (χ3v) is 5.10. The van der Waals surface area contributed by atoms with Crippen molar-refractivity contribution in [1.82, 2.24) is 20.2 Å². The number of nitrogens with one attached hydrogen (secondary N) is 1. The number of anilines is 1. The van der Waals surface area contributed by atoms with E-state index in [1.54, 1.807) is 0 Å². The zero-order valence-corrected chi connectivity index (χ0v) is 15.8. The number of hydrogen-bond acceptors (Lipinski definition) is 4. The Bertz CT molecular complexity index is 963. The van der Waals surface area contributed by atoms with Gasteiger partial charge in [-0.3, -0.25) is 4.79 Å². The summed E-state index contributed by atoms with van der Waals surface area (Å²) in [7, 11) is 0. The summed E-state index contributed by atoms with van der Waals surface area (Å²) in [4.78, 5) is 12.2. The molecule has 1 aliphatic carbocycles. The van der Waals surface area contributed by atoms with Gasteiger partial charge in [0.15, 0.2) is 5.82 Å². The summed E-state index contributed by atoms with van der Waals surface area (Å²) in [5.74, 6) is 0.744. The van der Waals surface area contributed by atoms with Crippen LogP contribution in [0.1, 0.15) is 36.4 Å². The van der Waals surface area contributed by atoms with Gasteiger partial charge in [0.2, 0.25) is 5.91 Å². The third-order valence-electron chi connectivity index (χ3n) is 4.69. The van der Waals surface area contributed by atoms with Gasteiger partial charge in [-0.05, 0) is 78.1 Å². The lowest BCUT2D eigenvalue weighted by atomic mass is 10.1. The second kappa shape index (κ2) is 7.48. The monoisotopic (exact) mass is 381 g/mol. The van der Waals surface area contributed by atoms with Crippen LogP contribution in [0.5, 0.6) is 0 Å². The standard InChI is InChI=1S/C20H20ClN5O/c1-13-2-3-14(12-18(13)21)4-11-19(27)22-16-7-5-15(6-8-16)20-23-24-25-26(20)17-9-10-17/h2-3,5-8,12,17H,4,9-11H2,1H3,(H,22,27). The Kier molecular flexibility index (Phi) is 4.90. The largest absolute Gasteiger partial charge is 0.326 e. The molecule has 0 saturated heterocycles. The maximum Gasteiger partial charge on any atom is 0.224 e. The quantitative estimate of drug-likeness (QED) is 0.694. The van der Waals surface area contributed by atoms with E-state index >= 15 is 0 Å². The predicted octanol–water partition coefficient (Wildman–Crippen LogP) is 4.21. The van der Waals surface area contributed by atoms with E-state index in [4.69, 9.17) is 11.6 Å². The number of carbonyl (C=O) groups excluding carboxylic acids is 1. The number of hydrogen-bond donors (Lipinski definition) is 1. The smallest absolute Gasteiger partial charge is 0.224 e. The van der Waals surface area contributed by atoms with Crippen LogP contribution in [0.4, 0.5) is 5.69 Å². The fraction of sp³-hybridized carbons (Fsp3) is 0.300. The van der Waals surface area contributed by atoms with Crippen molar-refractivity contribution < 1.29 is 4.79 Å². The van der Waals surface area contributed by atoms with E-state index in [-0.39, 0.29) is 5.91 Å². The fourth-order valence-electron chi connectivity index (χ4n) is 2.92. The molecular weight excluding hydrogens is 362 g/mol. The van der Waals surface area contributed by atoms with Gasteiger partial charge in [0.05, 0.1) is 6.04 Å². The molecule has 138 valence electrons. The van der Waals surface area contributed by atoms with E-state index in [0.29, 0.717) is 18.9 Å². The van der Waals surface area contributed by atoms with Crippen molar-refractivity contribution in [2.45, 2.75) is 38.6 Å². The Morgan fingerprint density at radius 1 is 1.22 bits per heavy atom. The van der Waals surface area contributed by atoms with Gasteiger partial charge in [-0.25, -0.2) is 4.68 Å². The summed E-state index contributed by atoms with van der Waals surface area (Å²) in [6.07, 6.45) is 3.30. The molecule has 2 aromatic carbocycles. The van der Waals surface area contributed by atoms with Crippen LogP contribution in [-0.2, 0) is 11.2 Å². The van der Waals surface area contributed by atoms with Crippen LogP contribution in [0.3, 0.4) is 0 Å². The van der Waals surface area contributed by atoms with Crippen LogP contribution in [0, 0.1) is 6.92 Å². The van der Waals surface area contributed by atoms with E-state index in [1.807, 2.05) is 54.1 Å². The number of rotatable bonds is 6. The molecule has 3 aromatic rings. The van der Waals surface area contributed by atoms with Crippen LogP contribution < -0.4 is 5.32 Å². The lowest BCUT2D eigenvalue weighted by molar-refractivity contribution is -0.116. The first kappa shape index (κ1) is 17.7. The Morgan fingerprint density at radius 2 is 2.00 bits per heavy atom. The molecule has 1 aromatic heterocycles. The summed E-state index contributed by atoms with van der Waals surface area (Å²) < 4.78 is 1.88. The molecule has 1 N–H and O–H groups in total. The second-order valence-corrected chi connectivity index (χ2v) is 7.29. The van der Waals surface area contributed by atoms with Gasteiger partial charge in [0.25, 0.3) is 0 Å². The molecule has 0 spiro atoms. The van der Waals surface area contributed by atoms with E-state index in [2.05, 4.69) is 20.8 Å². The van der Waals surface area contributed by atoms with E-state index < -0.39 is 0 Å². The topological polar surface area (TPSA) is 72.7 Å². The molecule has 0 aliphatic heterocycles. The highest BCUT2D eigenvalue weighted by atomic mass is 35.5. The predicted molar refractivity (Wildman–Crippen MR) is 105 cm³/mol. The maximum absolute atomic E-state index is 12.2. The molecule has 6 nitrogen and oxygen atoms in total. The van der Waals surface area contributed by atoms with Crippen LogP contribution in [-0.4, -0.2) is 26.1 Å². The minimum Gasteiger partial charge on any atom is -0.326 e. The van der Waals surface area contributed by atoms with Crippen molar-refractivity contribution >= 4 is 23.2 Å². The summed E-state index contributed by atoms with van der Waals surface area (Å²) in [6, 6.07) is 13.9. The molecule has 0 unspecified atom stereocenters. The van der Waals surface area contributed by atoms with Gasteiger partial charge in [0.1, 0.15) is 0 Å². The molecule has 1 heterocycles. The van der Waals surface area contributed by atoms with Crippen molar-refractivity contribution in [1.29, 1.82) is 0 Å². The summed E-state index contributed by atoms with van der Waals surface area (Å²) >= 11 is 6.13. The van der Waals surface area contributed by atoms with Crippen LogP contribution in [0.15, 0.2) is 42.5 Å². The molecular formula is C20H20ClN5O. The number of aromatic nitrogens is 4. The van der Waals surface area contributed by atoms with E-state index in [1.165, 1.54) is 0 Å². The van der Waals surface area contributed by atoms with Crippen LogP contribution >= 0.6 is 11.6 Å². The molecule has 27 heavy (non-hydrogen) atoms. The first-order valence-corrected chi connectivity index (χ1v) is 9.41. The number of nitrogens with zero attached hydrogens (tertiary/aromatic N) is 4. The van der Waals surface area contributed by atoms with Crippen molar-refractivity contribution in [3.63, 3.8) is 0 Å². The minimum absolute atomic E-state index is 0.0257. The number of aryl methyl sites for hydroxylation is 2. The summed E-state index contributed by atoms with van der Waals surface area (Å²) in [5.41, 5.74) is 3.80. The number of amides is 1. The van der Waals surface area contributed by atoms with Gasteiger partial charge in [0, 0.05) is 22.7 Å². The minimum atomic E-state index is -0.0257. The summed E-state index contributed by atoms with van der Waals surface area (Å²) in [6.45, 7) is 1.96. The fourth-order valence-corrected chi connectivity index (χ4v) is 3.13. The molecule has 1 fully saturated rings. The number of carbonyl (C=O) groups is 1. The number of benzene rings is 2. The van der Waals surface area contributed by atoms with Gasteiger partial charge < -0.3 is 5.32 Å². The SMILES string of the molecule is Cc1ccc(CCC(=O)Nc2ccc(-c3nnnn3C3CC3)cc2)cc1Cl. The zero-order valence-electron chi connectivity index (χ0n) is 15.0. The van der Waals surface area contributed by atoms with Crippen LogP contribution in [0.2, 0.25) is 5.02 Å². The van der Waals surface area contributed by atoms with Crippen molar-refractivity contribution in [3.05, 3.63) is 58.6 Å². The van der Waals surface area contributed by atoms with Gasteiger partial charge >= 0.3 is 0 Å². The van der Waals surface area contributed by atoms with Gasteiger partial charge in [-0.15, -0.1) is 5.10 Å². The molecule has 4 rings (SSSR count). The first-order chi connectivity index (χ1) is 13.1. The van der Waals surface area contributed by atoms with Crippen molar-refractivity contribution in [3.8, 4) is 11.4 Å². The lowest BCUT2D eigenvalue weighted by Gasteiger charge is -2.08. The Balaban J connectivity index is 1.35. The number of halogens is 1. The molecule has 1 aliphatic rings. The van der Waals surface area contributed by atoms with E-state index in [0.717, 1.165) is 46.1 Å². The normalized spacial score (nSPS) is 13.6. The van der Waals surface area contributed by atoms with E-state index in [9.17, 15) is 4.79 Å². The van der Waals surface area contributed by atoms with Crippen LogP contribution in [0.25, 0.3) is 11.4 Å². The molecule has 0 atom stereocenters. The highest BCUT2D eigenvalue weighted by molar-refractivity contribution is 6.31. The summed E-state index contributed by atoms with van der Waals surface area (Å²) in [5, 5.41) is 15.6. The molecule has 7 heteroatoms. The second-order valence-electron chi connectivity index (χ2n) is 6.89. The van der Waals surface area contributed by atoms with Crippen molar-refractivity contribution in [2.75, 3.05) is 5.32 Å². The molecule has 0 radical (unpaired) electrons. The maximum atomic E-state index is 12.2. The average Bonchev–Trinajstić information content (AvgIpc) is 3.40. The highest BCUT2D eigenvalue weighted by Crippen LogP contribution is 2.36. The lowest BCUT2D eigenvalue weighted by Crippen LogP contribution is -2.12. The number of tetrazole rings is 1. The third kappa shape index (κ3) is 4.17. The Morgan fingerprint density at radius 3 is 2.70 bits per heavy atom. The Hall–Kier alpha value is -2.73. The van der Waals surface area contributed by atoms with Crippen molar-refractivity contribution in [2.24, 2.45) is 0 Å². The molecule has 1 saturated carbocycles. The highest BCUT2D eigenvalue weighted by Gasteiger charge is 2.28. The molecule has 1 amide bonds. The van der Waals surface area contributed by atoms with Gasteiger partial charge in [-0.2, -0.15) is 0 Å². The van der Waals surface area contributed by atoms with Gasteiger partial charge in [-0.1, -0.05) is 23.7 Å². The first-order valence-electron chi connectivity index (χ1n) is 9.03. The Labute approximate surface area is 162 Å². The zero-order chi connectivity index (χ0) is 18.8. The molecule has 0 bridgehead atoms. The average molecular weight is 382 g/mol.